The van der Waals surface area contributed by atoms with Crippen molar-refractivity contribution in [1.29, 1.82) is 0 Å². The van der Waals surface area contributed by atoms with Crippen molar-refractivity contribution in [2.45, 2.75) is 13.0 Å². The summed E-state index contributed by atoms with van der Waals surface area (Å²) >= 11 is 3.44. The number of Topliss-reactive ketones (excluding diaryl/α,β-unsaturated/α-hetero) is 1. The van der Waals surface area contributed by atoms with Crippen LogP contribution in [0.25, 0.3) is 5.76 Å². The highest BCUT2D eigenvalue weighted by Crippen LogP contribution is 2.43. The van der Waals surface area contributed by atoms with Crippen molar-refractivity contribution < 1.29 is 24.5 Å². The molecule has 5 rings (SSSR count). The third kappa shape index (κ3) is 4.73. The van der Waals surface area contributed by atoms with Gasteiger partial charge in [0.25, 0.3) is 11.7 Å². The summed E-state index contributed by atoms with van der Waals surface area (Å²) in [5, 5.41) is 21.1. The van der Waals surface area contributed by atoms with Gasteiger partial charge in [-0.3, -0.25) is 14.5 Å². The maximum atomic E-state index is 13.3. The Kier molecular flexibility index (Phi) is 6.54. The standard InChI is InChI=1S/C30H22BrNO5/c1-18-17-20(9-16-25(18)31)28(34)26-27(19-7-12-22(33)13-8-19)32(30(36)29(26)35)21-10-14-24(15-11-21)37-23-5-3-2-4-6-23/h2-17,27,33-34H,1H3/b28-26-. The number of halogens is 1. The molecule has 1 atom stereocenters. The molecular weight excluding hydrogens is 534 g/mol. The smallest absolute Gasteiger partial charge is 0.300 e. The maximum absolute atomic E-state index is 13.3. The van der Waals surface area contributed by atoms with E-state index in [9.17, 15) is 19.8 Å². The second-order valence-corrected chi connectivity index (χ2v) is 9.49. The van der Waals surface area contributed by atoms with Gasteiger partial charge in [0.2, 0.25) is 0 Å². The lowest BCUT2D eigenvalue weighted by Crippen LogP contribution is -2.29. The molecule has 1 aliphatic heterocycles. The second-order valence-electron chi connectivity index (χ2n) is 8.63. The minimum atomic E-state index is -0.898. The van der Waals surface area contributed by atoms with Gasteiger partial charge in [0, 0.05) is 15.7 Å². The molecule has 0 spiro atoms. The van der Waals surface area contributed by atoms with E-state index in [-0.39, 0.29) is 17.1 Å². The zero-order chi connectivity index (χ0) is 26.1. The molecule has 6 nitrogen and oxygen atoms in total. The van der Waals surface area contributed by atoms with Crippen molar-refractivity contribution >= 4 is 39.1 Å². The largest absolute Gasteiger partial charge is 0.508 e. The Morgan fingerprint density at radius 1 is 0.865 bits per heavy atom. The molecule has 1 amide bonds. The maximum Gasteiger partial charge on any atom is 0.300 e. The third-order valence-corrected chi connectivity index (χ3v) is 7.07. The number of aromatic hydroxyl groups is 1. The molecule has 1 fully saturated rings. The van der Waals surface area contributed by atoms with E-state index in [2.05, 4.69) is 15.9 Å². The fourth-order valence-corrected chi connectivity index (χ4v) is 4.56. The Morgan fingerprint density at radius 2 is 1.51 bits per heavy atom. The molecule has 37 heavy (non-hydrogen) atoms. The number of carbonyl (C=O) groups is 2. The summed E-state index contributed by atoms with van der Waals surface area (Å²) in [5.41, 5.74) is 2.30. The average Bonchev–Trinajstić information content (AvgIpc) is 3.17. The Balaban J connectivity index is 1.59. The summed E-state index contributed by atoms with van der Waals surface area (Å²) < 4.78 is 6.71. The lowest BCUT2D eigenvalue weighted by atomic mass is 9.94. The zero-order valence-corrected chi connectivity index (χ0v) is 21.3. The fraction of sp³-hybridized carbons (Fsp3) is 0.0667. The number of ether oxygens (including phenoxy) is 1. The van der Waals surface area contributed by atoms with Gasteiger partial charge in [0.15, 0.2) is 0 Å². The van der Waals surface area contributed by atoms with Crippen LogP contribution in [0.15, 0.2) is 107 Å². The second kappa shape index (κ2) is 9.95. The van der Waals surface area contributed by atoms with Crippen molar-refractivity contribution in [2.24, 2.45) is 0 Å². The van der Waals surface area contributed by atoms with Crippen molar-refractivity contribution in [2.75, 3.05) is 4.90 Å². The van der Waals surface area contributed by atoms with E-state index in [1.54, 1.807) is 54.6 Å². The lowest BCUT2D eigenvalue weighted by Gasteiger charge is -2.25. The van der Waals surface area contributed by atoms with E-state index in [0.29, 0.717) is 28.3 Å². The van der Waals surface area contributed by atoms with Crippen LogP contribution in [0.4, 0.5) is 5.69 Å². The van der Waals surface area contributed by atoms with Crippen LogP contribution >= 0.6 is 15.9 Å². The summed E-state index contributed by atoms with van der Waals surface area (Å²) in [6.45, 7) is 1.87. The molecule has 4 aromatic carbocycles. The molecule has 0 saturated carbocycles. The van der Waals surface area contributed by atoms with Crippen LogP contribution in [0.3, 0.4) is 0 Å². The summed E-state index contributed by atoms with van der Waals surface area (Å²) in [6.07, 6.45) is 0. The highest BCUT2D eigenvalue weighted by Gasteiger charge is 2.47. The van der Waals surface area contributed by atoms with Gasteiger partial charge in [-0.05, 0) is 78.7 Å². The fourth-order valence-electron chi connectivity index (χ4n) is 4.32. The number of hydrogen-bond acceptors (Lipinski definition) is 5. The predicted octanol–water partition coefficient (Wildman–Crippen LogP) is 6.88. The van der Waals surface area contributed by atoms with E-state index in [4.69, 9.17) is 4.74 Å². The molecule has 1 unspecified atom stereocenters. The number of phenols is 1. The number of anilines is 1. The van der Waals surface area contributed by atoms with Gasteiger partial charge >= 0.3 is 0 Å². The van der Waals surface area contributed by atoms with Crippen LogP contribution in [0.5, 0.6) is 17.2 Å². The first-order valence-corrected chi connectivity index (χ1v) is 12.3. The molecule has 1 saturated heterocycles. The van der Waals surface area contributed by atoms with E-state index in [1.807, 2.05) is 37.3 Å². The highest BCUT2D eigenvalue weighted by atomic mass is 79.9. The van der Waals surface area contributed by atoms with Crippen molar-refractivity contribution in [3.8, 4) is 17.2 Å². The number of aliphatic hydroxyl groups excluding tert-OH is 1. The molecule has 0 radical (unpaired) electrons. The summed E-state index contributed by atoms with van der Waals surface area (Å²) in [5.74, 6) is -0.529. The quantitative estimate of drug-likeness (QED) is 0.159. The monoisotopic (exact) mass is 555 g/mol. The number of para-hydroxylation sites is 1. The SMILES string of the molecule is Cc1cc(/C(O)=C2/C(=O)C(=O)N(c3ccc(Oc4ccccc4)cc3)C2c2ccc(O)cc2)ccc1Br. The van der Waals surface area contributed by atoms with Gasteiger partial charge in [0.1, 0.15) is 23.0 Å². The van der Waals surface area contributed by atoms with Crippen molar-refractivity contribution in [1.82, 2.24) is 0 Å². The number of nitrogens with zero attached hydrogens (tertiary/aromatic N) is 1. The van der Waals surface area contributed by atoms with Crippen LogP contribution in [0.2, 0.25) is 0 Å². The van der Waals surface area contributed by atoms with Crippen molar-refractivity contribution in [3.63, 3.8) is 0 Å². The molecular formula is C30H22BrNO5. The number of rotatable bonds is 5. The topological polar surface area (TPSA) is 87.1 Å². The van der Waals surface area contributed by atoms with Gasteiger partial charge in [-0.15, -0.1) is 0 Å². The average molecular weight is 556 g/mol. The minimum Gasteiger partial charge on any atom is -0.508 e. The first kappa shape index (κ1) is 24.3. The first-order valence-electron chi connectivity index (χ1n) is 11.5. The van der Waals surface area contributed by atoms with Gasteiger partial charge in [-0.1, -0.05) is 52.3 Å². The lowest BCUT2D eigenvalue weighted by molar-refractivity contribution is -0.132. The molecule has 0 aromatic heterocycles. The molecule has 7 heteroatoms. The molecule has 0 aliphatic carbocycles. The molecule has 0 bridgehead atoms. The Hall–Kier alpha value is -4.36. The van der Waals surface area contributed by atoms with Gasteiger partial charge in [-0.25, -0.2) is 0 Å². The zero-order valence-electron chi connectivity index (χ0n) is 19.8. The Morgan fingerprint density at radius 3 is 2.16 bits per heavy atom. The molecule has 184 valence electrons. The Labute approximate surface area is 222 Å². The number of benzene rings is 4. The molecule has 4 aromatic rings. The molecule has 1 aliphatic rings. The number of hydrogen-bond donors (Lipinski definition) is 2. The minimum absolute atomic E-state index is 0.0259. The van der Waals surface area contributed by atoms with Gasteiger partial charge < -0.3 is 14.9 Å². The number of carbonyl (C=O) groups excluding carboxylic acids is 2. The molecule has 2 N–H and O–H groups in total. The predicted molar refractivity (Wildman–Crippen MR) is 145 cm³/mol. The van der Waals surface area contributed by atoms with E-state index >= 15 is 0 Å². The normalized spacial score (nSPS) is 16.7. The van der Waals surface area contributed by atoms with E-state index in [0.717, 1.165) is 10.0 Å². The molecule has 1 heterocycles. The third-order valence-electron chi connectivity index (χ3n) is 6.18. The number of amides is 1. The summed E-state index contributed by atoms with van der Waals surface area (Å²) in [6, 6.07) is 26.7. The number of aliphatic hydroxyl groups is 1. The number of aryl methyl sites for hydroxylation is 1. The van der Waals surface area contributed by atoms with Gasteiger partial charge in [0.05, 0.1) is 11.6 Å². The van der Waals surface area contributed by atoms with E-state index in [1.165, 1.54) is 17.0 Å². The first-order chi connectivity index (χ1) is 17.8. The number of phenolic OH excluding ortho intramolecular Hbond substituents is 1. The summed E-state index contributed by atoms with van der Waals surface area (Å²) in [4.78, 5) is 28.0. The Bertz CT molecular complexity index is 1510. The van der Waals surface area contributed by atoms with Gasteiger partial charge in [-0.2, -0.15) is 0 Å². The summed E-state index contributed by atoms with van der Waals surface area (Å²) in [7, 11) is 0. The van der Waals surface area contributed by atoms with Crippen LogP contribution in [0, 0.1) is 6.92 Å². The highest BCUT2D eigenvalue weighted by molar-refractivity contribution is 9.10. The van der Waals surface area contributed by atoms with E-state index < -0.39 is 17.7 Å². The van der Waals surface area contributed by atoms with Crippen molar-refractivity contribution in [3.05, 3.63) is 124 Å². The number of ketones is 1. The van der Waals surface area contributed by atoms with Crippen LogP contribution in [0.1, 0.15) is 22.7 Å². The van der Waals surface area contributed by atoms with Crippen LogP contribution in [-0.2, 0) is 9.59 Å². The van der Waals surface area contributed by atoms with Crippen LogP contribution < -0.4 is 9.64 Å². The van der Waals surface area contributed by atoms with Crippen LogP contribution in [-0.4, -0.2) is 21.9 Å².